The van der Waals surface area contributed by atoms with Gasteiger partial charge in [0.25, 0.3) is 0 Å². The molecule has 0 fully saturated rings. The van der Waals surface area contributed by atoms with Crippen molar-refractivity contribution < 1.29 is 14.7 Å². The number of aliphatic hydroxyl groups excluding tert-OH is 1. The van der Waals surface area contributed by atoms with Crippen molar-refractivity contribution in [3.63, 3.8) is 0 Å². The molecular formula is C11H18N4O3S. The van der Waals surface area contributed by atoms with Crippen LogP contribution in [-0.4, -0.2) is 38.4 Å². The standard InChI is InChI=1S/C11H18N4O3S/c1-7(2)13-10(18)14-9(17)6-19-11-12-4-8(5-16)15(11)3/h4,7,16H,5-6H2,1-3H3,(H2,13,14,17,18). The van der Waals surface area contributed by atoms with E-state index in [4.69, 9.17) is 5.11 Å². The molecule has 0 aliphatic heterocycles. The molecule has 8 heteroatoms. The van der Waals surface area contributed by atoms with Crippen LogP contribution in [0.1, 0.15) is 19.5 Å². The summed E-state index contributed by atoms with van der Waals surface area (Å²) in [6.45, 7) is 3.51. The van der Waals surface area contributed by atoms with E-state index in [-0.39, 0.29) is 18.4 Å². The Morgan fingerprint density at radius 2 is 2.21 bits per heavy atom. The molecule has 0 unspecified atom stereocenters. The maximum atomic E-state index is 11.5. The van der Waals surface area contributed by atoms with Crippen LogP contribution in [-0.2, 0) is 18.4 Å². The largest absolute Gasteiger partial charge is 0.390 e. The lowest BCUT2D eigenvalue weighted by atomic mass is 10.4. The first-order valence-corrected chi connectivity index (χ1v) is 6.77. The average molecular weight is 286 g/mol. The van der Waals surface area contributed by atoms with Crippen molar-refractivity contribution in [1.82, 2.24) is 20.2 Å². The highest BCUT2D eigenvalue weighted by Gasteiger charge is 2.11. The molecule has 1 aromatic rings. The van der Waals surface area contributed by atoms with E-state index in [2.05, 4.69) is 15.6 Å². The van der Waals surface area contributed by atoms with Gasteiger partial charge in [-0.05, 0) is 13.8 Å². The summed E-state index contributed by atoms with van der Waals surface area (Å²) in [5.41, 5.74) is 0.667. The van der Waals surface area contributed by atoms with E-state index in [1.807, 2.05) is 13.8 Å². The summed E-state index contributed by atoms with van der Waals surface area (Å²) < 4.78 is 1.70. The Hall–Kier alpha value is -1.54. The molecule has 0 aliphatic carbocycles. The van der Waals surface area contributed by atoms with Crippen LogP contribution in [0.5, 0.6) is 0 Å². The monoisotopic (exact) mass is 286 g/mol. The fraction of sp³-hybridized carbons (Fsp3) is 0.545. The first kappa shape index (κ1) is 15.5. The SMILES string of the molecule is CC(C)NC(=O)NC(=O)CSc1ncc(CO)n1C. The summed E-state index contributed by atoms with van der Waals surface area (Å²) in [6.07, 6.45) is 1.55. The topological polar surface area (TPSA) is 96.2 Å². The van der Waals surface area contributed by atoms with Crippen molar-refractivity contribution in [3.05, 3.63) is 11.9 Å². The number of carbonyl (C=O) groups excluding carboxylic acids is 2. The highest BCUT2D eigenvalue weighted by molar-refractivity contribution is 7.99. The van der Waals surface area contributed by atoms with Gasteiger partial charge in [0.2, 0.25) is 5.91 Å². The van der Waals surface area contributed by atoms with Crippen LogP contribution in [0.3, 0.4) is 0 Å². The third kappa shape index (κ3) is 4.92. The molecule has 1 rings (SSSR count). The van der Waals surface area contributed by atoms with Gasteiger partial charge in [-0.1, -0.05) is 11.8 Å². The first-order chi connectivity index (χ1) is 8.93. The van der Waals surface area contributed by atoms with Crippen molar-refractivity contribution in [2.45, 2.75) is 31.7 Å². The van der Waals surface area contributed by atoms with Crippen LogP contribution in [0.25, 0.3) is 0 Å². The normalized spacial score (nSPS) is 10.6. The lowest BCUT2D eigenvalue weighted by molar-refractivity contribution is -0.117. The third-order valence-electron chi connectivity index (χ3n) is 2.21. The van der Waals surface area contributed by atoms with E-state index in [1.165, 1.54) is 11.8 Å². The van der Waals surface area contributed by atoms with Crippen molar-refractivity contribution in [2.24, 2.45) is 7.05 Å². The summed E-state index contributed by atoms with van der Waals surface area (Å²) >= 11 is 1.20. The number of aromatic nitrogens is 2. The Balaban J connectivity index is 2.41. The minimum Gasteiger partial charge on any atom is -0.390 e. The van der Waals surface area contributed by atoms with Gasteiger partial charge in [0, 0.05) is 13.1 Å². The molecule has 0 bridgehead atoms. The van der Waals surface area contributed by atoms with Gasteiger partial charge in [-0.25, -0.2) is 9.78 Å². The van der Waals surface area contributed by atoms with E-state index in [0.717, 1.165) is 0 Å². The summed E-state index contributed by atoms with van der Waals surface area (Å²) in [7, 11) is 1.75. The Kier molecular flexibility index (Phi) is 5.84. The van der Waals surface area contributed by atoms with Gasteiger partial charge < -0.3 is 15.0 Å². The predicted molar refractivity (Wildman–Crippen MR) is 71.7 cm³/mol. The number of urea groups is 1. The van der Waals surface area contributed by atoms with Gasteiger partial charge in [0.1, 0.15) is 0 Å². The number of carbonyl (C=O) groups is 2. The summed E-state index contributed by atoms with van der Waals surface area (Å²) in [4.78, 5) is 26.9. The zero-order valence-electron chi connectivity index (χ0n) is 11.1. The van der Waals surface area contributed by atoms with Crippen molar-refractivity contribution >= 4 is 23.7 Å². The van der Waals surface area contributed by atoms with E-state index in [0.29, 0.717) is 10.9 Å². The molecule has 3 amide bonds. The fourth-order valence-electron chi connectivity index (χ4n) is 1.30. The zero-order valence-corrected chi connectivity index (χ0v) is 12.0. The molecule has 0 saturated carbocycles. The number of hydrogen-bond acceptors (Lipinski definition) is 5. The Morgan fingerprint density at radius 3 is 2.74 bits per heavy atom. The maximum absolute atomic E-state index is 11.5. The van der Waals surface area contributed by atoms with Gasteiger partial charge in [-0.3, -0.25) is 10.1 Å². The predicted octanol–water partition coefficient (Wildman–Crippen LogP) is 0.239. The van der Waals surface area contributed by atoms with Crippen molar-refractivity contribution in [3.8, 4) is 0 Å². The molecule has 1 aromatic heterocycles. The molecule has 0 atom stereocenters. The van der Waals surface area contributed by atoms with Gasteiger partial charge in [-0.2, -0.15) is 0 Å². The third-order valence-corrected chi connectivity index (χ3v) is 3.25. The molecule has 7 nitrogen and oxygen atoms in total. The van der Waals surface area contributed by atoms with Crippen LogP contribution in [0.15, 0.2) is 11.4 Å². The number of aliphatic hydroxyl groups is 1. The Labute approximate surface area is 115 Å². The van der Waals surface area contributed by atoms with Crippen molar-refractivity contribution in [2.75, 3.05) is 5.75 Å². The zero-order chi connectivity index (χ0) is 14.4. The van der Waals surface area contributed by atoms with E-state index in [9.17, 15) is 9.59 Å². The Morgan fingerprint density at radius 1 is 1.53 bits per heavy atom. The lowest BCUT2D eigenvalue weighted by Gasteiger charge is -2.09. The number of thioether (sulfide) groups is 1. The molecule has 106 valence electrons. The summed E-state index contributed by atoms with van der Waals surface area (Å²) in [5.74, 6) is -0.307. The summed E-state index contributed by atoms with van der Waals surface area (Å²) in [6, 6.07) is -0.529. The smallest absolute Gasteiger partial charge is 0.321 e. The first-order valence-electron chi connectivity index (χ1n) is 5.78. The minimum atomic E-state index is -0.503. The molecular weight excluding hydrogens is 268 g/mol. The highest BCUT2D eigenvalue weighted by Crippen LogP contribution is 2.16. The van der Waals surface area contributed by atoms with Gasteiger partial charge in [0.15, 0.2) is 5.16 Å². The molecule has 19 heavy (non-hydrogen) atoms. The van der Waals surface area contributed by atoms with E-state index < -0.39 is 11.9 Å². The molecule has 0 aliphatic rings. The van der Waals surface area contributed by atoms with Crippen LogP contribution in [0.2, 0.25) is 0 Å². The number of hydrogen-bond donors (Lipinski definition) is 3. The minimum absolute atomic E-state index is 0.0258. The molecule has 1 heterocycles. The second kappa shape index (κ2) is 7.15. The number of imidazole rings is 1. The number of amides is 3. The van der Waals surface area contributed by atoms with Crippen LogP contribution in [0, 0.1) is 0 Å². The quantitative estimate of drug-likeness (QED) is 0.674. The fourth-order valence-corrected chi connectivity index (χ4v) is 2.07. The second-order valence-corrected chi connectivity index (χ2v) is 5.16. The van der Waals surface area contributed by atoms with Gasteiger partial charge >= 0.3 is 6.03 Å². The molecule has 0 aromatic carbocycles. The second-order valence-electron chi connectivity index (χ2n) is 4.21. The number of nitrogens with zero attached hydrogens (tertiary/aromatic N) is 2. The van der Waals surface area contributed by atoms with Gasteiger partial charge in [-0.15, -0.1) is 0 Å². The average Bonchev–Trinajstić information content (AvgIpc) is 2.66. The molecule has 0 spiro atoms. The van der Waals surface area contributed by atoms with Crippen molar-refractivity contribution in [1.29, 1.82) is 0 Å². The maximum Gasteiger partial charge on any atom is 0.321 e. The van der Waals surface area contributed by atoms with E-state index in [1.54, 1.807) is 17.8 Å². The van der Waals surface area contributed by atoms with Gasteiger partial charge in [0.05, 0.1) is 24.3 Å². The lowest BCUT2D eigenvalue weighted by Crippen LogP contribution is -2.43. The molecule has 3 N–H and O–H groups in total. The molecule has 0 saturated heterocycles. The van der Waals surface area contributed by atoms with Crippen LogP contribution >= 0.6 is 11.8 Å². The van der Waals surface area contributed by atoms with Crippen LogP contribution in [0.4, 0.5) is 4.79 Å². The molecule has 0 radical (unpaired) electrons. The van der Waals surface area contributed by atoms with E-state index >= 15 is 0 Å². The van der Waals surface area contributed by atoms with Crippen LogP contribution < -0.4 is 10.6 Å². The number of imide groups is 1. The number of nitrogens with one attached hydrogen (secondary N) is 2. The highest BCUT2D eigenvalue weighted by atomic mass is 32.2. The number of rotatable bonds is 5. The Bertz CT molecular complexity index is 459. The summed E-state index contributed by atoms with van der Waals surface area (Å²) in [5, 5.41) is 14.4.